The smallest absolute Gasteiger partial charge is 0.258 e. The van der Waals surface area contributed by atoms with E-state index in [9.17, 15) is 13.2 Å². The second-order valence-electron chi connectivity index (χ2n) is 7.74. The van der Waals surface area contributed by atoms with Gasteiger partial charge in [-0.15, -0.1) is 0 Å². The number of benzene rings is 2. The maximum atomic E-state index is 12.9. The number of aryl methyl sites for hydroxylation is 3. The first-order chi connectivity index (χ1) is 14.3. The number of hydrogen-bond acceptors (Lipinski definition) is 4. The number of hydrogen-bond donors (Lipinski definition) is 1. The number of nitrogens with zero attached hydrogens (tertiary/aromatic N) is 1. The number of nitrogens with one attached hydrogen (secondary N) is 1. The second-order valence-corrected chi connectivity index (χ2v) is 9.68. The largest absolute Gasteiger partial charge is 0.483 e. The summed E-state index contributed by atoms with van der Waals surface area (Å²) in [4.78, 5) is 12.6. The average molecular weight is 431 g/mol. The molecule has 1 N–H and O–H groups in total. The first-order valence-corrected chi connectivity index (χ1v) is 11.8. The van der Waals surface area contributed by atoms with Crippen molar-refractivity contribution in [3.05, 3.63) is 59.2 Å². The fourth-order valence-corrected chi connectivity index (χ4v) is 5.17. The molecule has 7 heteroatoms. The lowest BCUT2D eigenvalue weighted by molar-refractivity contribution is -0.124. The van der Waals surface area contributed by atoms with Crippen molar-refractivity contribution in [1.29, 1.82) is 0 Å². The summed E-state index contributed by atoms with van der Waals surface area (Å²) in [6.07, 6.45) is 2.01. The highest BCUT2D eigenvalue weighted by molar-refractivity contribution is 7.89. The van der Waals surface area contributed by atoms with Gasteiger partial charge in [0, 0.05) is 19.1 Å². The molecule has 3 rings (SSSR count). The molecular weight excluding hydrogens is 400 g/mol. The molecule has 1 aliphatic heterocycles. The predicted molar refractivity (Wildman–Crippen MR) is 117 cm³/mol. The van der Waals surface area contributed by atoms with Gasteiger partial charge in [-0.05, 0) is 68.0 Å². The highest BCUT2D eigenvalue weighted by Gasteiger charge is 2.30. The Morgan fingerprint density at radius 1 is 1.10 bits per heavy atom. The van der Waals surface area contributed by atoms with E-state index in [0.29, 0.717) is 30.8 Å². The molecule has 0 aliphatic carbocycles. The molecule has 0 unspecified atom stereocenters. The van der Waals surface area contributed by atoms with Crippen molar-refractivity contribution in [2.75, 3.05) is 19.7 Å². The molecule has 2 aromatic rings. The zero-order valence-electron chi connectivity index (χ0n) is 17.8. The minimum atomic E-state index is -3.51. The molecular formula is C23H30N2O4S. The Balaban J connectivity index is 1.51. The van der Waals surface area contributed by atoms with E-state index in [1.165, 1.54) is 4.31 Å². The van der Waals surface area contributed by atoms with Crippen LogP contribution in [0.3, 0.4) is 0 Å². The molecule has 0 radical (unpaired) electrons. The van der Waals surface area contributed by atoms with E-state index in [1.54, 1.807) is 12.1 Å². The van der Waals surface area contributed by atoms with Crippen LogP contribution in [-0.4, -0.2) is 44.4 Å². The number of rotatable bonds is 7. The zero-order chi connectivity index (χ0) is 21.7. The fourth-order valence-electron chi connectivity index (χ4n) is 3.61. The lowest BCUT2D eigenvalue weighted by Gasteiger charge is -2.31. The predicted octanol–water partition coefficient (Wildman–Crippen LogP) is 3.21. The van der Waals surface area contributed by atoms with Crippen molar-refractivity contribution < 1.29 is 17.9 Å². The molecule has 1 amide bonds. The third kappa shape index (κ3) is 5.21. The Morgan fingerprint density at radius 3 is 2.47 bits per heavy atom. The van der Waals surface area contributed by atoms with Crippen LogP contribution in [0.2, 0.25) is 0 Å². The van der Waals surface area contributed by atoms with Gasteiger partial charge >= 0.3 is 0 Å². The molecule has 30 heavy (non-hydrogen) atoms. The van der Waals surface area contributed by atoms with Gasteiger partial charge in [0.05, 0.1) is 4.90 Å². The van der Waals surface area contributed by atoms with Crippen LogP contribution in [0.5, 0.6) is 5.75 Å². The highest BCUT2D eigenvalue weighted by atomic mass is 32.2. The summed E-state index contributed by atoms with van der Waals surface area (Å²) >= 11 is 0. The summed E-state index contributed by atoms with van der Waals surface area (Å²) in [7, 11) is -3.51. The zero-order valence-corrected chi connectivity index (χ0v) is 18.7. The molecule has 0 bridgehead atoms. The summed E-state index contributed by atoms with van der Waals surface area (Å²) in [6, 6.07) is 12.9. The highest BCUT2D eigenvalue weighted by Crippen LogP contribution is 2.23. The maximum Gasteiger partial charge on any atom is 0.258 e. The average Bonchev–Trinajstić information content (AvgIpc) is 2.74. The quantitative estimate of drug-likeness (QED) is 0.732. The number of piperidine rings is 1. The van der Waals surface area contributed by atoms with Crippen molar-refractivity contribution in [2.45, 2.75) is 51.0 Å². The molecule has 6 nitrogen and oxygen atoms in total. The van der Waals surface area contributed by atoms with E-state index < -0.39 is 10.0 Å². The monoisotopic (exact) mass is 430 g/mol. The van der Waals surface area contributed by atoms with Crippen molar-refractivity contribution in [3.63, 3.8) is 0 Å². The normalized spacial score (nSPS) is 15.7. The number of ether oxygens (including phenoxy) is 1. The van der Waals surface area contributed by atoms with E-state index >= 15 is 0 Å². The Bertz CT molecular complexity index is 996. The number of amides is 1. The standard InChI is InChI=1S/C23H30N2O4S/c1-4-19-7-5-6-8-22(19)29-16-23(26)24-20-11-13-25(14-12-20)30(27,28)21-10-9-17(2)18(3)15-21/h5-10,15,20H,4,11-14,16H2,1-3H3,(H,24,26). The summed E-state index contributed by atoms with van der Waals surface area (Å²) in [5.74, 6) is 0.542. The lowest BCUT2D eigenvalue weighted by Crippen LogP contribution is -2.47. The van der Waals surface area contributed by atoms with Crippen LogP contribution in [0.25, 0.3) is 0 Å². The van der Waals surface area contributed by atoms with Crippen LogP contribution in [0.1, 0.15) is 36.5 Å². The van der Waals surface area contributed by atoms with Gasteiger partial charge in [-0.1, -0.05) is 31.2 Å². The summed E-state index contributed by atoms with van der Waals surface area (Å²) < 4.78 is 33.0. The van der Waals surface area contributed by atoms with Gasteiger partial charge in [0.1, 0.15) is 5.75 Å². The minimum Gasteiger partial charge on any atom is -0.483 e. The third-order valence-electron chi connectivity index (χ3n) is 5.65. The van der Waals surface area contributed by atoms with E-state index in [1.807, 2.05) is 51.1 Å². The van der Waals surface area contributed by atoms with Gasteiger partial charge in [-0.2, -0.15) is 4.31 Å². The van der Waals surface area contributed by atoms with Crippen LogP contribution in [0.15, 0.2) is 47.4 Å². The maximum absolute atomic E-state index is 12.9. The fraction of sp³-hybridized carbons (Fsp3) is 0.435. The van der Waals surface area contributed by atoms with E-state index in [4.69, 9.17) is 4.74 Å². The van der Waals surface area contributed by atoms with Gasteiger partial charge in [-0.3, -0.25) is 4.79 Å². The second kappa shape index (κ2) is 9.62. The molecule has 1 fully saturated rings. The third-order valence-corrected chi connectivity index (χ3v) is 7.54. The van der Waals surface area contributed by atoms with Gasteiger partial charge < -0.3 is 10.1 Å². The summed E-state index contributed by atoms with van der Waals surface area (Å²) in [5.41, 5.74) is 3.09. The Morgan fingerprint density at radius 2 is 1.80 bits per heavy atom. The molecule has 0 aromatic heterocycles. The topological polar surface area (TPSA) is 75.7 Å². The number of carbonyl (C=O) groups is 1. The van der Waals surface area contributed by atoms with E-state index in [2.05, 4.69) is 5.32 Å². The first-order valence-electron chi connectivity index (χ1n) is 10.4. The molecule has 0 spiro atoms. The Labute approximate surface area is 179 Å². The van der Waals surface area contributed by atoms with Gasteiger partial charge in [0.2, 0.25) is 10.0 Å². The molecule has 1 heterocycles. The van der Waals surface area contributed by atoms with Crippen molar-refractivity contribution in [1.82, 2.24) is 9.62 Å². The van der Waals surface area contributed by atoms with Crippen molar-refractivity contribution >= 4 is 15.9 Å². The molecule has 162 valence electrons. The first kappa shape index (κ1) is 22.3. The number of para-hydroxylation sites is 1. The van der Waals surface area contributed by atoms with Crippen LogP contribution in [-0.2, 0) is 21.2 Å². The Hall–Kier alpha value is -2.38. The van der Waals surface area contributed by atoms with Gasteiger partial charge in [0.15, 0.2) is 6.61 Å². The van der Waals surface area contributed by atoms with Crippen LogP contribution >= 0.6 is 0 Å². The molecule has 1 aliphatic rings. The summed E-state index contributed by atoms with van der Waals surface area (Å²) in [6.45, 7) is 6.65. The molecule has 0 saturated carbocycles. The van der Waals surface area contributed by atoms with Crippen LogP contribution < -0.4 is 10.1 Å². The van der Waals surface area contributed by atoms with Gasteiger partial charge in [0.25, 0.3) is 5.91 Å². The molecule has 2 aromatic carbocycles. The SMILES string of the molecule is CCc1ccccc1OCC(=O)NC1CCN(S(=O)(=O)c2ccc(C)c(C)c2)CC1. The van der Waals surface area contributed by atoms with Crippen molar-refractivity contribution in [2.24, 2.45) is 0 Å². The molecule has 1 saturated heterocycles. The molecule has 0 atom stereocenters. The van der Waals surface area contributed by atoms with E-state index in [0.717, 1.165) is 28.9 Å². The van der Waals surface area contributed by atoms with E-state index in [-0.39, 0.29) is 18.6 Å². The van der Waals surface area contributed by atoms with Crippen LogP contribution in [0.4, 0.5) is 0 Å². The lowest BCUT2D eigenvalue weighted by atomic mass is 10.1. The summed E-state index contributed by atoms with van der Waals surface area (Å²) in [5, 5.41) is 2.97. The van der Waals surface area contributed by atoms with Crippen molar-refractivity contribution in [3.8, 4) is 5.75 Å². The Kier molecular flexibility index (Phi) is 7.15. The number of sulfonamides is 1. The van der Waals surface area contributed by atoms with Gasteiger partial charge in [-0.25, -0.2) is 8.42 Å². The number of carbonyl (C=O) groups excluding carboxylic acids is 1. The minimum absolute atomic E-state index is 0.0435. The van der Waals surface area contributed by atoms with Crippen LogP contribution in [0, 0.1) is 13.8 Å².